The summed E-state index contributed by atoms with van der Waals surface area (Å²) in [5.74, 6) is 0. The average molecular weight is 263 g/mol. The molecule has 1 aromatic carbocycles. The number of hydrogen-bond acceptors (Lipinski definition) is 5. The van der Waals surface area contributed by atoms with Gasteiger partial charge in [0.25, 0.3) is 5.69 Å². The summed E-state index contributed by atoms with van der Waals surface area (Å²) >= 11 is 0. The Hall–Kier alpha value is -1.66. The zero-order valence-corrected chi connectivity index (χ0v) is 10.9. The first-order valence-corrected chi connectivity index (χ1v) is 6.45. The standard InChI is InChI=1S/C13H17N3O3/c1-14-4-5-15-12(7-14)9-19-8-10-6-11(16(17)18)2-3-13(10)15/h2-3,6,12H,4-5,7-9H2,1H3. The van der Waals surface area contributed by atoms with E-state index in [1.54, 1.807) is 12.1 Å². The normalized spacial score (nSPS) is 23.4. The molecule has 1 saturated heterocycles. The number of benzene rings is 1. The minimum Gasteiger partial charge on any atom is -0.375 e. The molecule has 2 aliphatic rings. The van der Waals surface area contributed by atoms with Crippen LogP contribution in [0.25, 0.3) is 0 Å². The van der Waals surface area contributed by atoms with Gasteiger partial charge < -0.3 is 14.5 Å². The lowest BCUT2D eigenvalue weighted by Gasteiger charge is -2.40. The van der Waals surface area contributed by atoms with Gasteiger partial charge in [0.05, 0.1) is 24.2 Å². The number of likely N-dealkylation sites (N-methyl/N-ethyl adjacent to an activating group) is 1. The van der Waals surface area contributed by atoms with Crippen LogP contribution < -0.4 is 4.90 Å². The molecular formula is C13H17N3O3. The molecule has 0 amide bonds. The second-order valence-corrected chi connectivity index (χ2v) is 5.19. The Balaban J connectivity index is 1.96. The molecular weight excluding hydrogens is 246 g/mol. The monoisotopic (exact) mass is 263 g/mol. The summed E-state index contributed by atoms with van der Waals surface area (Å²) in [4.78, 5) is 15.1. The number of ether oxygens (including phenoxy) is 1. The Bertz CT molecular complexity index is 506. The maximum atomic E-state index is 10.8. The van der Waals surface area contributed by atoms with E-state index in [1.165, 1.54) is 0 Å². The molecule has 3 rings (SSSR count). The molecule has 1 atom stereocenters. The van der Waals surface area contributed by atoms with Crippen LogP contribution in [0, 0.1) is 10.1 Å². The van der Waals surface area contributed by atoms with Crippen molar-refractivity contribution in [1.29, 1.82) is 0 Å². The first-order valence-electron chi connectivity index (χ1n) is 6.45. The van der Waals surface area contributed by atoms with Crippen molar-refractivity contribution in [3.05, 3.63) is 33.9 Å². The van der Waals surface area contributed by atoms with Crippen molar-refractivity contribution in [2.24, 2.45) is 0 Å². The minimum atomic E-state index is -0.355. The van der Waals surface area contributed by atoms with Gasteiger partial charge in [-0.05, 0) is 13.1 Å². The smallest absolute Gasteiger partial charge is 0.269 e. The van der Waals surface area contributed by atoms with E-state index in [9.17, 15) is 10.1 Å². The van der Waals surface area contributed by atoms with Crippen molar-refractivity contribution in [3.63, 3.8) is 0 Å². The summed E-state index contributed by atoms with van der Waals surface area (Å²) in [6, 6.07) is 5.41. The van der Waals surface area contributed by atoms with Crippen LogP contribution in [0.15, 0.2) is 18.2 Å². The zero-order chi connectivity index (χ0) is 13.4. The van der Waals surface area contributed by atoms with E-state index in [0.29, 0.717) is 19.3 Å². The van der Waals surface area contributed by atoms with Crippen molar-refractivity contribution in [3.8, 4) is 0 Å². The molecule has 6 nitrogen and oxygen atoms in total. The van der Waals surface area contributed by atoms with Gasteiger partial charge in [0.1, 0.15) is 0 Å². The lowest BCUT2D eigenvalue weighted by molar-refractivity contribution is -0.384. The van der Waals surface area contributed by atoms with Gasteiger partial charge in [0, 0.05) is 43.0 Å². The van der Waals surface area contributed by atoms with Gasteiger partial charge in [-0.2, -0.15) is 0 Å². The lowest BCUT2D eigenvalue weighted by Crippen LogP contribution is -2.53. The van der Waals surface area contributed by atoms with Crippen LogP contribution >= 0.6 is 0 Å². The molecule has 1 fully saturated rings. The molecule has 0 aromatic heterocycles. The van der Waals surface area contributed by atoms with Crippen molar-refractivity contribution in [2.75, 3.05) is 38.2 Å². The topological polar surface area (TPSA) is 58.9 Å². The number of fused-ring (bicyclic) bond motifs is 3. The Labute approximate surface area is 111 Å². The quantitative estimate of drug-likeness (QED) is 0.563. The van der Waals surface area contributed by atoms with E-state index >= 15 is 0 Å². The van der Waals surface area contributed by atoms with Gasteiger partial charge in [-0.25, -0.2) is 0 Å². The first-order chi connectivity index (χ1) is 9.15. The van der Waals surface area contributed by atoms with E-state index in [4.69, 9.17) is 4.74 Å². The third kappa shape index (κ3) is 2.29. The average Bonchev–Trinajstić information content (AvgIpc) is 2.56. The second-order valence-electron chi connectivity index (χ2n) is 5.19. The Kier molecular flexibility index (Phi) is 3.12. The van der Waals surface area contributed by atoms with E-state index in [1.807, 2.05) is 6.07 Å². The molecule has 1 aromatic rings. The predicted octanol–water partition coefficient (Wildman–Crippen LogP) is 1.25. The highest BCUT2D eigenvalue weighted by molar-refractivity contribution is 5.59. The van der Waals surface area contributed by atoms with E-state index < -0.39 is 0 Å². The number of hydrogen-bond donors (Lipinski definition) is 0. The SMILES string of the molecule is CN1CCN2c3ccc([N+](=O)[O-])cc3COCC2C1. The van der Waals surface area contributed by atoms with Crippen LogP contribution in [0.3, 0.4) is 0 Å². The molecule has 0 saturated carbocycles. The van der Waals surface area contributed by atoms with Crippen molar-refractivity contribution >= 4 is 11.4 Å². The number of nitro benzene ring substituents is 1. The van der Waals surface area contributed by atoms with Crippen LogP contribution in [0.5, 0.6) is 0 Å². The fourth-order valence-electron chi connectivity index (χ4n) is 2.86. The molecule has 0 radical (unpaired) electrons. The predicted molar refractivity (Wildman–Crippen MR) is 71.4 cm³/mol. The Morgan fingerprint density at radius 2 is 2.26 bits per heavy atom. The molecule has 2 heterocycles. The van der Waals surface area contributed by atoms with E-state index in [0.717, 1.165) is 30.9 Å². The highest BCUT2D eigenvalue weighted by Crippen LogP contribution is 2.31. The number of non-ortho nitro benzene ring substituents is 1. The molecule has 2 aliphatic heterocycles. The second kappa shape index (κ2) is 4.79. The third-order valence-corrected chi connectivity index (χ3v) is 3.84. The highest BCUT2D eigenvalue weighted by atomic mass is 16.6. The molecule has 19 heavy (non-hydrogen) atoms. The lowest BCUT2D eigenvalue weighted by atomic mass is 10.1. The number of anilines is 1. The van der Waals surface area contributed by atoms with Gasteiger partial charge >= 0.3 is 0 Å². The maximum Gasteiger partial charge on any atom is 0.269 e. The zero-order valence-electron chi connectivity index (χ0n) is 10.9. The third-order valence-electron chi connectivity index (χ3n) is 3.84. The van der Waals surface area contributed by atoms with Crippen LogP contribution in [0.2, 0.25) is 0 Å². The maximum absolute atomic E-state index is 10.8. The molecule has 6 heteroatoms. The fourth-order valence-corrected chi connectivity index (χ4v) is 2.86. The number of piperazine rings is 1. The van der Waals surface area contributed by atoms with Crippen molar-refractivity contribution in [2.45, 2.75) is 12.6 Å². The number of nitro groups is 1. The molecule has 0 spiro atoms. The highest BCUT2D eigenvalue weighted by Gasteiger charge is 2.30. The van der Waals surface area contributed by atoms with Crippen molar-refractivity contribution < 1.29 is 9.66 Å². The molecule has 102 valence electrons. The number of nitrogens with zero attached hydrogens (tertiary/aromatic N) is 3. The summed E-state index contributed by atoms with van der Waals surface area (Å²) in [7, 11) is 2.11. The molecule has 0 bridgehead atoms. The van der Waals surface area contributed by atoms with Gasteiger partial charge in [-0.1, -0.05) is 0 Å². The van der Waals surface area contributed by atoms with Gasteiger partial charge in [0.15, 0.2) is 0 Å². The number of rotatable bonds is 1. The van der Waals surface area contributed by atoms with E-state index in [2.05, 4.69) is 16.8 Å². The summed E-state index contributed by atoms with van der Waals surface area (Å²) in [6.45, 7) is 4.04. The van der Waals surface area contributed by atoms with Crippen LogP contribution in [0.4, 0.5) is 11.4 Å². The molecule has 0 aliphatic carbocycles. The van der Waals surface area contributed by atoms with Crippen LogP contribution in [-0.2, 0) is 11.3 Å². The van der Waals surface area contributed by atoms with Crippen LogP contribution in [-0.4, -0.2) is 49.2 Å². The summed E-state index contributed by atoms with van der Waals surface area (Å²) in [5, 5.41) is 10.8. The summed E-state index contributed by atoms with van der Waals surface area (Å²) in [5.41, 5.74) is 2.14. The van der Waals surface area contributed by atoms with E-state index in [-0.39, 0.29) is 10.6 Å². The minimum absolute atomic E-state index is 0.134. The molecule has 1 unspecified atom stereocenters. The first kappa shape index (κ1) is 12.4. The Morgan fingerprint density at radius 3 is 3.05 bits per heavy atom. The Morgan fingerprint density at radius 1 is 1.42 bits per heavy atom. The molecule has 0 N–H and O–H groups in total. The van der Waals surface area contributed by atoms with Gasteiger partial charge in [-0.3, -0.25) is 10.1 Å². The van der Waals surface area contributed by atoms with Gasteiger partial charge in [-0.15, -0.1) is 0 Å². The van der Waals surface area contributed by atoms with Crippen LogP contribution in [0.1, 0.15) is 5.56 Å². The largest absolute Gasteiger partial charge is 0.375 e. The fraction of sp³-hybridized carbons (Fsp3) is 0.538. The summed E-state index contributed by atoms with van der Waals surface area (Å²) < 4.78 is 5.68. The van der Waals surface area contributed by atoms with Gasteiger partial charge in [0.2, 0.25) is 0 Å². The summed E-state index contributed by atoms with van der Waals surface area (Å²) in [6.07, 6.45) is 0. The van der Waals surface area contributed by atoms with Crippen molar-refractivity contribution in [1.82, 2.24) is 4.90 Å².